The number of hydrogen-bond donors (Lipinski definition) is 1. The van der Waals surface area contributed by atoms with Crippen LogP contribution in [0.5, 0.6) is 0 Å². The van der Waals surface area contributed by atoms with E-state index in [2.05, 4.69) is 15.3 Å². The van der Waals surface area contributed by atoms with E-state index < -0.39 is 16.4 Å². The van der Waals surface area contributed by atoms with Gasteiger partial charge in [0.05, 0.1) is 27.8 Å². The fourth-order valence-corrected chi connectivity index (χ4v) is 3.61. The molecule has 0 aliphatic rings. The molecular formula is C20H15N5O4S. The van der Waals surface area contributed by atoms with Crippen molar-refractivity contribution in [3.63, 3.8) is 0 Å². The van der Waals surface area contributed by atoms with Crippen LogP contribution in [0, 0.1) is 17.0 Å². The van der Waals surface area contributed by atoms with Crippen LogP contribution < -0.4 is 10.9 Å². The Bertz CT molecular complexity index is 1330. The van der Waals surface area contributed by atoms with Gasteiger partial charge in [-0.3, -0.25) is 24.3 Å². The number of non-ortho nitro benzene ring substituents is 1. The summed E-state index contributed by atoms with van der Waals surface area (Å²) in [5.41, 5.74) is 2.44. The van der Waals surface area contributed by atoms with Crippen LogP contribution in [-0.2, 0) is 11.3 Å². The van der Waals surface area contributed by atoms with Gasteiger partial charge in [-0.2, -0.15) is 0 Å². The molecule has 1 amide bonds. The second-order valence-electron chi connectivity index (χ2n) is 6.59. The highest BCUT2D eigenvalue weighted by Gasteiger charge is 2.13. The van der Waals surface area contributed by atoms with Gasteiger partial charge in [-0.05, 0) is 13.0 Å². The smallest absolute Gasteiger partial charge is 0.271 e. The van der Waals surface area contributed by atoms with E-state index in [1.165, 1.54) is 35.9 Å². The number of nitrogens with one attached hydrogen (secondary N) is 1. The molecule has 0 bridgehead atoms. The highest BCUT2D eigenvalue weighted by molar-refractivity contribution is 7.14. The van der Waals surface area contributed by atoms with Crippen molar-refractivity contribution in [1.29, 1.82) is 0 Å². The lowest BCUT2D eigenvalue weighted by Gasteiger charge is -2.06. The first-order valence-corrected chi connectivity index (χ1v) is 9.75. The summed E-state index contributed by atoms with van der Waals surface area (Å²) in [5, 5.41) is 16.0. The average Bonchev–Trinajstić information content (AvgIpc) is 3.18. The van der Waals surface area contributed by atoms with Crippen molar-refractivity contribution in [2.45, 2.75) is 13.5 Å². The summed E-state index contributed by atoms with van der Waals surface area (Å²) in [5.74, 6) is -0.426. The number of amides is 1. The van der Waals surface area contributed by atoms with Gasteiger partial charge < -0.3 is 5.32 Å². The molecule has 2 heterocycles. The largest absolute Gasteiger partial charge is 0.300 e. The van der Waals surface area contributed by atoms with Crippen LogP contribution >= 0.6 is 11.3 Å². The Kier molecular flexibility index (Phi) is 5.07. The number of benzene rings is 2. The molecule has 0 saturated carbocycles. The Balaban J connectivity index is 1.50. The van der Waals surface area contributed by atoms with E-state index in [-0.39, 0.29) is 23.1 Å². The van der Waals surface area contributed by atoms with Crippen molar-refractivity contribution in [2.24, 2.45) is 0 Å². The minimum atomic E-state index is -0.557. The third-order valence-electron chi connectivity index (χ3n) is 4.43. The Labute approximate surface area is 173 Å². The maximum Gasteiger partial charge on any atom is 0.271 e. The van der Waals surface area contributed by atoms with Gasteiger partial charge in [0, 0.05) is 23.1 Å². The molecule has 1 N–H and O–H groups in total. The molecule has 0 fully saturated rings. The molecule has 10 heteroatoms. The van der Waals surface area contributed by atoms with E-state index in [4.69, 9.17) is 0 Å². The number of nitro groups is 1. The monoisotopic (exact) mass is 421 g/mol. The fraction of sp³-hybridized carbons (Fsp3) is 0.100. The highest BCUT2D eigenvalue weighted by atomic mass is 32.1. The Hall–Kier alpha value is -3.92. The van der Waals surface area contributed by atoms with Gasteiger partial charge in [-0.15, -0.1) is 11.3 Å². The molecule has 4 rings (SSSR count). The molecule has 9 nitrogen and oxygen atoms in total. The number of nitro benzene ring substituents is 1. The van der Waals surface area contributed by atoms with Crippen LogP contribution in [-0.4, -0.2) is 25.4 Å². The predicted molar refractivity (Wildman–Crippen MR) is 114 cm³/mol. The lowest BCUT2D eigenvalue weighted by molar-refractivity contribution is -0.384. The van der Waals surface area contributed by atoms with E-state index in [0.717, 1.165) is 21.4 Å². The molecule has 0 spiro atoms. The van der Waals surface area contributed by atoms with Crippen molar-refractivity contribution in [3.05, 3.63) is 80.2 Å². The van der Waals surface area contributed by atoms with Crippen molar-refractivity contribution >= 4 is 39.0 Å². The number of hydrogen-bond acceptors (Lipinski definition) is 7. The minimum Gasteiger partial charge on any atom is -0.300 e. The summed E-state index contributed by atoms with van der Waals surface area (Å²) in [7, 11) is 0. The third kappa shape index (κ3) is 3.94. The second-order valence-corrected chi connectivity index (χ2v) is 7.45. The first kappa shape index (κ1) is 19.4. The Morgan fingerprint density at radius 3 is 2.73 bits per heavy atom. The van der Waals surface area contributed by atoms with Gasteiger partial charge in [0.2, 0.25) is 5.91 Å². The molecule has 0 unspecified atom stereocenters. The molecule has 0 radical (unpaired) electrons. The van der Waals surface area contributed by atoms with Crippen molar-refractivity contribution in [2.75, 3.05) is 5.32 Å². The van der Waals surface area contributed by atoms with Gasteiger partial charge in [-0.25, -0.2) is 9.97 Å². The first-order chi connectivity index (χ1) is 14.4. The number of carbonyl (C=O) groups is 1. The number of thiazole rings is 1. The molecule has 0 saturated heterocycles. The molecule has 0 aliphatic carbocycles. The van der Waals surface area contributed by atoms with Crippen LogP contribution in [0.4, 0.5) is 10.8 Å². The quantitative estimate of drug-likeness (QED) is 0.390. The van der Waals surface area contributed by atoms with Crippen LogP contribution in [0.1, 0.15) is 5.56 Å². The maximum absolute atomic E-state index is 12.6. The summed E-state index contributed by atoms with van der Waals surface area (Å²) >= 11 is 1.29. The number of nitrogens with zero attached hydrogens (tertiary/aromatic N) is 4. The van der Waals surface area contributed by atoms with E-state index in [1.54, 1.807) is 0 Å². The third-order valence-corrected chi connectivity index (χ3v) is 5.19. The maximum atomic E-state index is 12.6. The molecule has 0 atom stereocenters. The first-order valence-electron chi connectivity index (χ1n) is 8.87. The Morgan fingerprint density at radius 1 is 1.23 bits per heavy atom. The van der Waals surface area contributed by atoms with Crippen molar-refractivity contribution < 1.29 is 9.72 Å². The van der Waals surface area contributed by atoms with Gasteiger partial charge in [-0.1, -0.05) is 29.8 Å². The Morgan fingerprint density at radius 2 is 2.00 bits per heavy atom. The number of aromatic nitrogens is 3. The number of aryl methyl sites for hydroxylation is 1. The topological polar surface area (TPSA) is 120 Å². The molecule has 150 valence electrons. The van der Waals surface area contributed by atoms with E-state index in [9.17, 15) is 19.7 Å². The van der Waals surface area contributed by atoms with Crippen LogP contribution in [0.25, 0.3) is 22.2 Å². The van der Waals surface area contributed by atoms with E-state index in [0.29, 0.717) is 5.13 Å². The zero-order valence-electron chi connectivity index (χ0n) is 15.7. The highest BCUT2D eigenvalue weighted by Crippen LogP contribution is 2.25. The zero-order valence-corrected chi connectivity index (χ0v) is 16.5. The second kappa shape index (κ2) is 7.84. The van der Waals surface area contributed by atoms with Gasteiger partial charge in [0.25, 0.3) is 11.2 Å². The van der Waals surface area contributed by atoms with Gasteiger partial charge >= 0.3 is 0 Å². The summed E-state index contributed by atoms with van der Waals surface area (Å²) in [6, 6.07) is 11.7. The number of carbonyl (C=O) groups excluding carboxylic acids is 1. The summed E-state index contributed by atoms with van der Waals surface area (Å²) in [6.07, 6.45) is 1.20. The average molecular weight is 421 g/mol. The molecule has 30 heavy (non-hydrogen) atoms. The molecular weight excluding hydrogens is 406 g/mol. The molecule has 4 aromatic rings. The molecule has 0 aliphatic heterocycles. The normalized spacial score (nSPS) is 10.8. The molecule has 2 aromatic heterocycles. The van der Waals surface area contributed by atoms with Crippen LogP contribution in [0.3, 0.4) is 0 Å². The van der Waals surface area contributed by atoms with E-state index in [1.807, 2.05) is 36.6 Å². The summed E-state index contributed by atoms with van der Waals surface area (Å²) < 4.78 is 1.15. The van der Waals surface area contributed by atoms with E-state index >= 15 is 0 Å². The van der Waals surface area contributed by atoms with Crippen LogP contribution in [0.15, 0.2) is 59.0 Å². The molecule has 2 aromatic carbocycles. The zero-order chi connectivity index (χ0) is 21.3. The lowest BCUT2D eigenvalue weighted by atomic mass is 10.1. The van der Waals surface area contributed by atoms with Crippen LogP contribution in [0.2, 0.25) is 0 Å². The predicted octanol–water partition coefficient (Wildman–Crippen LogP) is 3.38. The lowest BCUT2D eigenvalue weighted by Crippen LogP contribution is -2.27. The van der Waals surface area contributed by atoms with Crippen molar-refractivity contribution in [3.8, 4) is 11.3 Å². The number of fused-ring (bicyclic) bond motifs is 1. The minimum absolute atomic E-state index is 0.155. The van der Waals surface area contributed by atoms with Gasteiger partial charge in [0.15, 0.2) is 5.13 Å². The van der Waals surface area contributed by atoms with Crippen molar-refractivity contribution in [1.82, 2.24) is 14.5 Å². The summed E-state index contributed by atoms with van der Waals surface area (Å²) in [6.45, 7) is 1.75. The summed E-state index contributed by atoms with van der Waals surface area (Å²) in [4.78, 5) is 43.7. The number of anilines is 1. The standard InChI is InChI=1S/C20H15N5O4S/c1-12-2-4-13(5-3-12)17-10-30-20(22-17)23-18(26)9-24-11-21-16-8-14(25(28)29)6-7-15(16)19(24)27/h2-8,10-11H,9H2,1H3,(H,22,23,26). The van der Waals surface area contributed by atoms with Gasteiger partial charge in [0.1, 0.15) is 6.54 Å². The number of rotatable bonds is 5. The SMILES string of the molecule is Cc1ccc(-c2csc(NC(=O)Cn3cnc4cc([N+](=O)[O-])ccc4c3=O)n2)cc1. The fourth-order valence-electron chi connectivity index (χ4n) is 2.87.